The molecule has 3 aliphatic carbocycles. The van der Waals surface area contributed by atoms with Crippen molar-refractivity contribution in [2.45, 2.75) is 81.5 Å². The van der Waals surface area contributed by atoms with E-state index in [1.807, 2.05) is 19.1 Å². The average Bonchev–Trinajstić information content (AvgIpc) is 3.52. The second-order valence-electron chi connectivity index (χ2n) is 13.4. The second kappa shape index (κ2) is 10.8. The molecule has 2 aromatic carbocycles. The highest BCUT2D eigenvalue weighted by molar-refractivity contribution is 5.91. The number of halogens is 3. The summed E-state index contributed by atoms with van der Waals surface area (Å²) in [4.78, 5) is 52.5. The first-order chi connectivity index (χ1) is 21.9. The van der Waals surface area contributed by atoms with Gasteiger partial charge in [-0.15, -0.1) is 0 Å². The zero-order valence-corrected chi connectivity index (χ0v) is 25.2. The van der Waals surface area contributed by atoms with Crippen LogP contribution in [0.4, 0.5) is 13.2 Å². The van der Waals surface area contributed by atoms with Crippen LogP contribution in [0.15, 0.2) is 84.0 Å². The number of alkyl halides is 3. The molecule has 2 spiro atoms. The van der Waals surface area contributed by atoms with Gasteiger partial charge in [0, 0.05) is 35.7 Å². The molecule has 0 N–H and O–H groups in total. The van der Waals surface area contributed by atoms with E-state index in [0.717, 1.165) is 5.57 Å². The monoisotopic (exact) mass is 634 g/mol. The number of esters is 2. The van der Waals surface area contributed by atoms with Crippen LogP contribution in [-0.4, -0.2) is 53.1 Å². The molecule has 5 aliphatic rings. The lowest BCUT2D eigenvalue weighted by Crippen LogP contribution is -2.60. The molecule has 46 heavy (non-hydrogen) atoms. The quantitative estimate of drug-likeness (QED) is 0.334. The van der Waals surface area contributed by atoms with Crippen molar-refractivity contribution in [1.29, 1.82) is 0 Å². The fourth-order valence-corrected chi connectivity index (χ4v) is 8.67. The summed E-state index contributed by atoms with van der Waals surface area (Å²) in [5.41, 5.74) is -0.942. The molecule has 240 valence electrons. The highest BCUT2D eigenvalue weighted by atomic mass is 19.4. The van der Waals surface area contributed by atoms with Crippen LogP contribution >= 0.6 is 0 Å². The number of rotatable bonds is 6. The molecule has 10 heteroatoms. The van der Waals surface area contributed by atoms with E-state index in [1.165, 1.54) is 12.1 Å². The largest absolute Gasteiger partial charge is 0.454 e. The molecule has 2 heterocycles. The molecule has 2 aliphatic heterocycles. The number of ether oxygens (including phenoxy) is 3. The van der Waals surface area contributed by atoms with E-state index in [0.29, 0.717) is 37.7 Å². The van der Waals surface area contributed by atoms with Crippen molar-refractivity contribution in [2.75, 3.05) is 0 Å². The average molecular weight is 635 g/mol. The zero-order chi connectivity index (χ0) is 32.5. The number of allylic oxidation sites excluding steroid dienone is 1. The van der Waals surface area contributed by atoms with Gasteiger partial charge in [0.05, 0.1) is 22.3 Å². The van der Waals surface area contributed by atoms with Gasteiger partial charge in [-0.2, -0.15) is 13.2 Å². The summed E-state index contributed by atoms with van der Waals surface area (Å²) in [7, 11) is 0. The fraction of sp³-hybridized carbons (Fsp3) is 0.444. The highest BCUT2D eigenvalue weighted by Crippen LogP contribution is 2.66. The van der Waals surface area contributed by atoms with E-state index in [4.69, 9.17) is 14.2 Å². The molecular formula is C36H33F3O7. The lowest BCUT2D eigenvalue weighted by Gasteiger charge is -2.55. The summed E-state index contributed by atoms with van der Waals surface area (Å²) in [6.45, 7) is 1.96. The standard InChI is InChI=1S/C36H33F3O7/c1-33-15-14-24-19-25-30(45-32(43)22-10-6-3-7-11-22)29(44-31(42)21-8-4-2-5-9-21)23(18-28(41)36(37,38)39)20-34(25)16-17-35(24,46-34)26(33)12-13-27(33)40/h2-11,14,19,23,26,29-30H,12-13,15-18,20H2,1H3. The van der Waals surface area contributed by atoms with Crippen molar-refractivity contribution in [2.24, 2.45) is 17.3 Å². The Morgan fingerprint density at radius 3 is 2.20 bits per heavy atom. The molecule has 7 unspecified atom stereocenters. The zero-order valence-electron chi connectivity index (χ0n) is 25.2. The van der Waals surface area contributed by atoms with Crippen LogP contribution in [-0.2, 0) is 23.8 Å². The Hall–Kier alpha value is -4.05. The third-order valence-electron chi connectivity index (χ3n) is 10.9. The molecule has 0 amide bonds. The topological polar surface area (TPSA) is 96.0 Å². The van der Waals surface area contributed by atoms with Gasteiger partial charge in [0.15, 0.2) is 6.10 Å². The maximum atomic E-state index is 13.7. The van der Waals surface area contributed by atoms with E-state index in [2.05, 4.69) is 0 Å². The third-order valence-corrected chi connectivity index (χ3v) is 10.9. The van der Waals surface area contributed by atoms with Gasteiger partial charge in [0.25, 0.3) is 0 Å². The Morgan fingerprint density at radius 1 is 0.935 bits per heavy atom. The van der Waals surface area contributed by atoms with E-state index in [1.54, 1.807) is 48.5 Å². The molecule has 2 saturated carbocycles. The van der Waals surface area contributed by atoms with Crippen molar-refractivity contribution in [3.05, 3.63) is 95.1 Å². The minimum atomic E-state index is -5.12. The van der Waals surface area contributed by atoms with Crippen molar-refractivity contribution < 1.29 is 46.6 Å². The molecule has 2 aromatic rings. The van der Waals surface area contributed by atoms with E-state index in [9.17, 15) is 32.3 Å². The molecule has 7 atom stereocenters. The van der Waals surface area contributed by atoms with Gasteiger partial charge in [-0.1, -0.05) is 55.5 Å². The number of carbonyl (C=O) groups is 4. The molecule has 3 fully saturated rings. The summed E-state index contributed by atoms with van der Waals surface area (Å²) in [5, 5.41) is 0. The highest BCUT2D eigenvalue weighted by Gasteiger charge is 2.69. The van der Waals surface area contributed by atoms with Crippen molar-refractivity contribution in [1.82, 2.24) is 0 Å². The second-order valence-corrected chi connectivity index (χ2v) is 13.4. The summed E-state index contributed by atoms with van der Waals surface area (Å²) >= 11 is 0. The van der Waals surface area contributed by atoms with Gasteiger partial charge >= 0.3 is 18.1 Å². The normalized spacial score (nSPS) is 34.4. The number of carbonyl (C=O) groups excluding carboxylic acids is 4. The Kier molecular flexibility index (Phi) is 7.15. The lowest BCUT2D eigenvalue weighted by atomic mass is 9.60. The van der Waals surface area contributed by atoms with Crippen LogP contribution in [0.5, 0.6) is 0 Å². The van der Waals surface area contributed by atoms with Crippen LogP contribution < -0.4 is 0 Å². The molecule has 7 rings (SSSR count). The third kappa shape index (κ3) is 4.75. The van der Waals surface area contributed by atoms with Crippen LogP contribution in [0, 0.1) is 17.3 Å². The maximum absolute atomic E-state index is 13.7. The Balaban J connectivity index is 1.35. The van der Waals surface area contributed by atoms with Crippen molar-refractivity contribution in [3.63, 3.8) is 0 Å². The van der Waals surface area contributed by atoms with Crippen LogP contribution in [0.1, 0.15) is 72.6 Å². The number of fused-ring (bicyclic) bond motifs is 1. The van der Waals surface area contributed by atoms with Crippen LogP contribution in [0.3, 0.4) is 0 Å². The smallest absolute Gasteiger partial charge is 0.449 e. The van der Waals surface area contributed by atoms with Crippen LogP contribution in [0.2, 0.25) is 0 Å². The van der Waals surface area contributed by atoms with E-state index < -0.39 is 65.1 Å². The molecule has 1 saturated heterocycles. The summed E-state index contributed by atoms with van der Waals surface area (Å²) < 4.78 is 60.3. The van der Waals surface area contributed by atoms with Crippen molar-refractivity contribution in [3.8, 4) is 0 Å². The Bertz CT molecular complexity index is 1670. The van der Waals surface area contributed by atoms with Crippen LogP contribution in [0.25, 0.3) is 0 Å². The summed E-state index contributed by atoms with van der Waals surface area (Å²) in [5.74, 6) is -4.69. The van der Waals surface area contributed by atoms with Crippen molar-refractivity contribution >= 4 is 23.5 Å². The van der Waals surface area contributed by atoms with Gasteiger partial charge in [0.2, 0.25) is 5.78 Å². The SMILES string of the molecule is CC12CC=C3C=C4C(OC(=O)c5ccccc5)C(OC(=O)c5ccccc5)C(CC(=O)C(F)(F)F)CC45CCC3(O5)C1CCC2=O. The number of hydrogen-bond acceptors (Lipinski definition) is 7. The first-order valence-electron chi connectivity index (χ1n) is 15.6. The minimum Gasteiger partial charge on any atom is -0.454 e. The predicted octanol–water partition coefficient (Wildman–Crippen LogP) is 6.52. The molecule has 0 aromatic heterocycles. The number of Topliss-reactive ketones (excluding diaryl/α,β-unsaturated/α-hetero) is 2. The lowest BCUT2D eigenvalue weighted by molar-refractivity contribution is -0.181. The van der Waals surface area contributed by atoms with Gasteiger partial charge < -0.3 is 14.2 Å². The van der Waals surface area contributed by atoms with E-state index >= 15 is 0 Å². The van der Waals surface area contributed by atoms with E-state index in [-0.39, 0.29) is 29.2 Å². The summed E-state index contributed by atoms with van der Waals surface area (Å²) in [6.07, 6.45) is -2.56. The minimum absolute atomic E-state index is 0.0564. The van der Waals surface area contributed by atoms with Gasteiger partial charge in [-0.25, -0.2) is 9.59 Å². The predicted molar refractivity (Wildman–Crippen MR) is 157 cm³/mol. The molecular weight excluding hydrogens is 601 g/mol. The van der Waals surface area contributed by atoms with Gasteiger partial charge in [-0.05, 0) is 61.9 Å². The molecule has 2 bridgehead atoms. The maximum Gasteiger partial charge on any atom is 0.449 e. The number of benzene rings is 2. The van der Waals surface area contributed by atoms with Gasteiger partial charge in [0.1, 0.15) is 11.9 Å². The number of hydrogen-bond donors (Lipinski definition) is 0. The molecule has 7 nitrogen and oxygen atoms in total. The fourth-order valence-electron chi connectivity index (χ4n) is 8.67. The molecule has 0 radical (unpaired) electrons. The summed E-state index contributed by atoms with van der Waals surface area (Å²) in [6, 6.07) is 16.1. The Labute approximate surface area is 263 Å². The first kappa shape index (κ1) is 30.6. The first-order valence-corrected chi connectivity index (χ1v) is 15.6. The Morgan fingerprint density at radius 2 is 1.57 bits per heavy atom. The van der Waals surface area contributed by atoms with Gasteiger partial charge in [-0.3, -0.25) is 9.59 Å². The number of ketones is 2.